The van der Waals surface area contributed by atoms with Crippen LogP contribution in [0.3, 0.4) is 0 Å². The maximum atomic E-state index is 12.2. The quantitative estimate of drug-likeness (QED) is 0.650. The van der Waals surface area contributed by atoms with Crippen LogP contribution in [0.1, 0.15) is 65.6 Å². The Morgan fingerprint density at radius 1 is 1.14 bits per heavy atom. The van der Waals surface area contributed by atoms with E-state index < -0.39 is 0 Å². The molecule has 1 rings (SSSR count). The van der Waals surface area contributed by atoms with Gasteiger partial charge >= 0.3 is 0 Å². The van der Waals surface area contributed by atoms with E-state index in [-0.39, 0.29) is 0 Å². The Hall–Kier alpha value is -1.32. The number of aryl methyl sites for hydroxylation is 2. The molecule has 1 amide bonds. The number of nitrogens with zero attached hydrogens (tertiary/aromatic N) is 3. The second-order valence-electron chi connectivity index (χ2n) is 6.32. The number of hydrogen-bond donors (Lipinski definition) is 0. The summed E-state index contributed by atoms with van der Waals surface area (Å²) in [5, 5.41) is 0. The molecule has 21 heavy (non-hydrogen) atoms. The molecule has 0 spiro atoms. The van der Waals surface area contributed by atoms with Gasteiger partial charge in [-0.3, -0.25) is 4.79 Å². The van der Waals surface area contributed by atoms with Gasteiger partial charge in [0, 0.05) is 37.4 Å². The van der Waals surface area contributed by atoms with Gasteiger partial charge in [0.2, 0.25) is 5.91 Å². The van der Waals surface area contributed by atoms with Crippen molar-refractivity contribution in [2.75, 3.05) is 0 Å². The van der Waals surface area contributed by atoms with Crippen LogP contribution in [-0.2, 0) is 11.3 Å². The van der Waals surface area contributed by atoms with Gasteiger partial charge in [0.15, 0.2) is 0 Å². The van der Waals surface area contributed by atoms with E-state index in [0.717, 1.165) is 31.6 Å². The zero-order chi connectivity index (χ0) is 15.8. The van der Waals surface area contributed by atoms with Gasteiger partial charge in [-0.1, -0.05) is 12.8 Å². The summed E-state index contributed by atoms with van der Waals surface area (Å²) < 4.78 is 2.18. The van der Waals surface area contributed by atoms with E-state index in [1.54, 1.807) is 0 Å². The molecule has 0 radical (unpaired) electrons. The molecule has 0 aliphatic carbocycles. The van der Waals surface area contributed by atoms with Crippen LogP contribution in [0.4, 0.5) is 0 Å². The summed E-state index contributed by atoms with van der Waals surface area (Å²) in [6.45, 7) is 11.4. The van der Waals surface area contributed by atoms with Crippen LogP contribution in [0.15, 0.2) is 12.4 Å². The molecule has 4 nitrogen and oxygen atoms in total. The highest BCUT2D eigenvalue weighted by atomic mass is 16.2. The van der Waals surface area contributed by atoms with E-state index in [1.807, 2.05) is 24.2 Å². The number of amides is 1. The summed E-state index contributed by atoms with van der Waals surface area (Å²) in [5.41, 5.74) is 0. The first kappa shape index (κ1) is 17.7. The van der Waals surface area contributed by atoms with Gasteiger partial charge in [-0.15, -0.1) is 0 Å². The summed E-state index contributed by atoms with van der Waals surface area (Å²) in [6, 6.07) is 0.587. The molecule has 120 valence electrons. The lowest BCUT2D eigenvalue weighted by Crippen LogP contribution is -2.41. The molecule has 0 fully saturated rings. The van der Waals surface area contributed by atoms with E-state index in [2.05, 4.69) is 37.2 Å². The molecular formula is C17H31N3O. The summed E-state index contributed by atoms with van der Waals surface area (Å²) in [4.78, 5) is 18.4. The Balaban J connectivity index is 2.16. The molecule has 0 saturated heterocycles. The van der Waals surface area contributed by atoms with Crippen molar-refractivity contribution < 1.29 is 4.79 Å². The van der Waals surface area contributed by atoms with Gasteiger partial charge in [-0.2, -0.15) is 0 Å². The van der Waals surface area contributed by atoms with Crippen LogP contribution < -0.4 is 0 Å². The number of carbonyl (C=O) groups is 1. The van der Waals surface area contributed by atoms with Crippen LogP contribution in [-0.4, -0.2) is 32.4 Å². The SMILES string of the molecule is Cc1nccn1CCCCCCC(=O)N(C(C)C)C(C)C. The minimum Gasteiger partial charge on any atom is -0.338 e. The maximum absolute atomic E-state index is 12.2. The molecule has 0 unspecified atom stereocenters. The first-order chi connectivity index (χ1) is 9.93. The fourth-order valence-electron chi connectivity index (χ4n) is 2.85. The fraction of sp³-hybridized carbons (Fsp3) is 0.765. The number of imidazole rings is 1. The monoisotopic (exact) mass is 293 g/mol. The Morgan fingerprint density at radius 3 is 2.29 bits per heavy atom. The van der Waals surface area contributed by atoms with Crippen molar-refractivity contribution in [1.29, 1.82) is 0 Å². The van der Waals surface area contributed by atoms with Gasteiger partial charge in [-0.25, -0.2) is 4.98 Å². The van der Waals surface area contributed by atoms with Crippen molar-refractivity contribution in [3.63, 3.8) is 0 Å². The number of unbranched alkanes of at least 4 members (excludes halogenated alkanes) is 3. The van der Waals surface area contributed by atoms with Gasteiger partial charge in [0.05, 0.1) is 0 Å². The Bertz CT molecular complexity index is 415. The lowest BCUT2D eigenvalue weighted by Gasteiger charge is -2.30. The van der Waals surface area contributed by atoms with Crippen LogP contribution in [0.2, 0.25) is 0 Å². The molecule has 0 N–H and O–H groups in total. The zero-order valence-corrected chi connectivity index (χ0v) is 14.3. The van der Waals surface area contributed by atoms with Gasteiger partial charge in [0.25, 0.3) is 0 Å². The van der Waals surface area contributed by atoms with Crippen LogP contribution >= 0.6 is 0 Å². The molecule has 0 bridgehead atoms. The van der Waals surface area contributed by atoms with Gasteiger partial charge < -0.3 is 9.47 Å². The van der Waals surface area contributed by atoms with Gasteiger partial charge in [0.1, 0.15) is 5.82 Å². The molecule has 0 aliphatic rings. The lowest BCUT2D eigenvalue weighted by atomic mass is 10.1. The molecule has 1 heterocycles. The van der Waals surface area contributed by atoms with E-state index in [0.29, 0.717) is 24.4 Å². The van der Waals surface area contributed by atoms with Crippen molar-refractivity contribution in [3.8, 4) is 0 Å². The summed E-state index contributed by atoms with van der Waals surface area (Å²) in [7, 11) is 0. The molecule has 0 aromatic carbocycles. The predicted octanol–water partition coefficient (Wildman–Crippen LogP) is 3.79. The van der Waals surface area contributed by atoms with Crippen LogP contribution in [0.25, 0.3) is 0 Å². The Morgan fingerprint density at radius 2 is 1.76 bits per heavy atom. The number of rotatable bonds is 9. The van der Waals surface area contributed by atoms with E-state index in [4.69, 9.17) is 0 Å². The van der Waals surface area contributed by atoms with Crippen LogP contribution in [0.5, 0.6) is 0 Å². The highest BCUT2D eigenvalue weighted by molar-refractivity contribution is 5.76. The number of hydrogen-bond acceptors (Lipinski definition) is 2. The number of aromatic nitrogens is 2. The number of carbonyl (C=O) groups excluding carboxylic acids is 1. The molecule has 1 aromatic heterocycles. The van der Waals surface area contributed by atoms with E-state index >= 15 is 0 Å². The third-order valence-corrected chi connectivity index (χ3v) is 3.86. The first-order valence-electron chi connectivity index (χ1n) is 8.22. The van der Waals surface area contributed by atoms with E-state index in [1.165, 1.54) is 6.42 Å². The van der Waals surface area contributed by atoms with Crippen molar-refractivity contribution >= 4 is 5.91 Å². The molecule has 0 atom stereocenters. The van der Waals surface area contributed by atoms with Crippen LogP contribution in [0, 0.1) is 6.92 Å². The van der Waals surface area contributed by atoms with Crippen molar-refractivity contribution in [3.05, 3.63) is 18.2 Å². The third kappa shape index (κ3) is 5.90. The smallest absolute Gasteiger partial charge is 0.223 e. The average Bonchev–Trinajstić information content (AvgIpc) is 2.78. The van der Waals surface area contributed by atoms with E-state index in [9.17, 15) is 4.79 Å². The third-order valence-electron chi connectivity index (χ3n) is 3.86. The Labute approximate surface area is 129 Å². The average molecular weight is 293 g/mol. The lowest BCUT2D eigenvalue weighted by molar-refractivity contribution is -0.134. The molecule has 0 aliphatic heterocycles. The molecular weight excluding hydrogens is 262 g/mol. The summed E-state index contributed by atoms with van der Waals surface area (Å²) >= 11 is 0. The standard InChI is InChI=1S/C17H31N3O/c1-14(2)20(15(3)4)17(21)10-8-6-7-9-12-19-13-11-18-16(19)5/h11,13-15H,6-10,12H2,1-5H3. The second-order valence-corrected chi connectivity index (χ2v) is 6.32. The van der Waals surface area contributed by atoms with Crippen molar-refractivity contribution in [2.24, 2.45) is 0 Å². The van der Waals surface area contributed by atoms with Crippen molar-refractivity contribution in [2.45, 2.75) is 85.4 Å². The summed E-state index contributed by atoms with van der Waals surface area (Å²) in [6.07, 6.45) is 9.02. The normalized spacial score (nSPS) is 11.4. The topological polar surface area (TPSA) is 38.1 Å². The predicted molar refractivity (Wildman–Crippen MR) is 87.2 cm³/mol. The maximum Gasteiger partial charge on any atom is 0.223 e. The fourth-order valence-corrected chi connectivity index (χ4v) is 2.85. The zero-order valence-electron chi connectivity index (χ0n) is 14.3. The van der Waals surface area contributed by atoms with Gasteiger partial charge in [-0.05, 0) is 47.5 Å². The van der Waals surface area contributed by atoms with Crippen molar-refractivity contribution in [1.82, 2.24) is 14.5 Å². The molecule has 0 saturated carbocycles. The highest BCUT2D eigenvalue weighted by Crippen LogP contribution is 2.12. The second kappa shape index (κ2) is 8.85. The first-order valence-corrected chi connectivity index (χ1v) is 8.22. The molecule has 4 heteroatoms. The minimum atomic E-state index is 0.293. The largest absolute Gasteiger partial charge is 0.338 e. The summed E-state index contributed by atoms with van der Waals surface area (Å²) in [5.74, 6) is 1.38. The highest BCUT2D eigenvalue weighted by Gasteiger charge is 2.18. The minimum absolute atomic E-state index is 0.293. The molecule has 1 aromatic rings. The Kier molecular flexibility index (Phi) is 7.48.